The lowest BCUT2D eigenvalue weighted by atomic mass is 10.2. The molecule has 22 heavy (non-hydrogen) atoms. The molecule has 3 rings (SSSR count). The van der Waals surface area contributed by atoms with Crippen molar-refractivity contribution in [2.45, 2.75) is 38.8 Å². The topological polar surface area (TPSA) is 64.1 Å². The number of hydrogen-bond acceptors (Lipinski definition) is 3. The van der Waals surface area contributed by atoms with Crippen molar-refractivity contribution < 1.29 is 9.18 Å². The van der Waals surface area contributed by atoms with Crippen LogP contribution in [0.15, 0.2) is 18.2 Å². The van der Waals surface area contributed by atoms with E-state index in [-0.39, 0.29) is 24.8 Å². The predicted molar refractivity (Wildman–Crippen MR) is 82.6 cm³/mol. The molecule has 1 amide bonds. The lowest BCUT2D eigenvalue weighted by molar-refractivity contribution is -0.131. The molecule has 1 fully saturated rings. The monoisotopic (exact) mass is 304 g/mol. The third kappa shape index (κ3) is 2.97. The van der Waals surface area contributed by atoms with Gasteiger partial charge in [0.05, 0.1) is 17.6 Å². The van der Waals surface area contributed by atoms with E-state index in [1.54, 1.807) is 6.07 Å². The number of carbonyl (C=O) groups is 1. The number of benzene rings is 1. The summed E-state index contributed by atoms with van der Waals surface area (Å²) in [6, 6.07) is 4.42. The Labute approximate surface area is 128 Å². The van der Waals surface area contributed by atoms with Gasteiger partial charge in [0.15, 0.2) is 0 Å². The zero-order valence-corrected chi connectivity index (χ0v) is 12.6. The number of aromatic nitrogens is 2. The highest BCUT2D eigenvalue weighted by Crippen LogP contribution is 2.18. The Morgan fingerprint density at radius 2 is 1.95 bits per heavy atom. The van der Waals surface area contributed by atoms with E-state index in [0.717, 1.165) is 31.4 Å². The van der Waals surface area contributed by atoms with E-state index in [4.69, 9.17) is 5.73 Å². The molecule has 6 heteroatoms. The minimum absolute atomic E-state index is 0.0835. The minimum Gasteiger partial charge on any atom is -0.341 e. The minimum atomic E-state index is -0.334. The van der Waals surface area contributed by atoms with Gasteiger partial charge in [0, 0.05) is 19.2 Å². The van der Waals surface area contributed by atoms with E-state index >= 15 is 0 Å². The maximum Gasteiger partial charge on any atom is 0.242 e. The fraction of sp³-hybridized carbons (Fsp3) is 0.500. The van der Waals surface area contributed by atoms with Gasteiger partial charge in [0.1, 0.15) is 18.2 Å². The van der Waals surface area contributed by atoms with E-state index in [2.05, 4.69) is 4.98 Å². The summed E-state index contributed by atoms with van der Waals surface area (Å²) < 4.78 is 15.1. The summed E-state index contributed by atoms with van der Waals surface area (Å²) in [5.41, 5.74) is 7.03. The Kier molecular flexibility index (Phi) is 4.38. The van der Waals surface area contributed by atoms with Gasteiger partial charge in [-0.3, -0.25) is 4.79 Å². The first-order valence-corrected chi connectivity index (χ1v) is 7.81. The van der Waals surface area contributed by atoms with Crippen LogP contribution in [0.4, 0.5) is 4.39 Å². The molecule has 1 aliphatic rings. The van der Waals surface area contributed by atoms with E-state index in [9.17, 15) is 9.18 Å². The molecule has 1 aliphatic heterocycles. The van der Waals surface area contributed by atoms with Crippen LogP contribution >= 0.6 is 0 Å². The number of imidazole rings is 1. The smallest absolute Gasteiger partial charge is 0.242 e. The van der Waals surface area contributed by atoms with Gasteiger partial charge < -0.3 is 15.2 Å². The highest BCUT2D eigenvalue weighted by molar-refractivity contribution is 5.81. The summed E-state index contributed by atoms with van der Waals surface area (Å²) in [4.78, 5) is 18.8. The third-order valence-corrected chi connectivity index (χ3v) is 4.22. The standard InChI is InChI=1S/C16H21FN4O/c17-12-5-6-14-13(9-12)19-15(10-18)21(14)11-16(22)20-7-3-1-2-4-8-20/h5-6,9H,1-4,7-8,10-11,18H2. The van der Waals surface area contributed by atoms with Gasteiger partial charge in [0.2, 0.25) is 5.91 Å². The largest absolute Gasteiger partial charge is 0.341 e. The zero-order chi connectivity index (χ0) is 15.5. The van der Waals surface area contributed by atoms with Crippen LogP contribution in [0.3, 0.4) is 0 Å². The number of nitrogens with two attached hydrogens (primary N) is 1. The molecule has 0 atom stereocenters. The Hall–Kier alpha value is -1.95. The van der Waals surface area contributed by atoms with Crippen molar-refractivity contribution in [1.29, 1.82) is 0 Å². The Morgan fingerprint density at radius 3 is 2.64 bits per heavy atom. The second-order valence-corrected chi connectivity index (χ2v) is 5.75. The van der Waals surface area contributed by atoms with Gasteiger partial charge in [-0.1, -0.05) is 12.8 Å². The maximum atomic E-state index is 13.3. The summed E-state index contributed by atoms with van der Waals surface area (Å²) in [7, 11) is 0. The molecule has 5 nitrogen and oxygen atoms in total. The molecule has 118 valence electrons. The second kappa shape index (κ2) is 6.44. The molecule has 1 aromatic carbocycles. The number of rotatable bonds is 3. The highest BCUT2D eigenvalue weighted by atomic mass is 19.1. The van der Waals surface area contributed by atoms with Gasteiger partial charge in [-0.2, -0.15) is 0 Å². The molecule has 1 aromatic heterocycles. The van der Waals surface area contributed by atoms with E-state index in [1.165, 1.54) is 25.0 Å². The van der Waals surface area contributed by atoms with Gasteiger partial charge in [-0.15, -0.1) is 0 Å². The molecule has 0 unspecified atom stereocenters. The van der Waals surface area contributed by atoms with Crippen LogP contribution in [0.1, 0.15) is 31.5 Å². The SMILES string of the molecule is NCc1nc2cc(F)ccc2n1CC(=O)N1CCCCCC1. The molecule has 0 saturated carbocycles. The van der Waals surface area contributed by atoms with Crippen molar-refractivity contribution in [2.24, 2.45) is 5.73 Å². The lowest BCUT2D eigenvalue weighted by Gasteiger charge is -2.21. The summed E-state index contributed by atoms with van der Waals surface area (Å²) >= 11 is 0. The molecular weight excluding hydrogens is 283 g/mol. The number of fused-ring (bicyclic) bond motifs is 1. The number of hydrogen-bond donors (Lipinski definition) is 1. The van der Waals surface area contributed by atoms with E-state index in [0.29, 0.717) is 11.3 Å². The van der Waals surface area contributed by atoms with Crippen LogP contribution in [0.5, 0.6) is 0 Å². The van der Waals surface area contributed by atoms with Crippen LogP contribution in [0, 0.1) is 5.82 Å². The molecule has 0 radical (unpaired) electrons. The van der Waals surface area contributed by atoms with Gasteiger partial charge >= 0.3 is 0 Å². The molecule has 0 spiro atoms. The summed E-state index contributed by atoms with van der Waals surface area (Å²) in [5.74, 6) is 0.364. The number of halogens is 1. The van der Waals surface area contributed by atoms with Crippen molar-refractivity contribution >= 4 is 16.9 Å². The number of likely N-dealkylation sites (tertiary alicyclic amines) is 1. The van der Waals surface area contributed by atoms with Crippen LogP contribution in [-0.2, 0) is 17.9 Å². The van der Waals surface area contributed by atoms with Gasteiger partial charge in [-0.25, -0.2) is 9.37 Å². The van der Waals surface area contributed by atoms with Crippen LogP contribution in [0.25, 0.3) is 11.0 Å². The van der Waals surface area contributed by atoms with Gasteiger partial charge in [0.25, 0.3) is 0 Å². The number of nitrogens with zero attached hydrogens (tertiary/aromatic N) is 3. The quantitative estimate of drug-likeness (QED) is 0.943. The van der Waals surface area contributed by atoms with Crippen LogP contribution in [0.2, 0.25) is 0 Å². The average molecular weight is 304 g/mol. The Bertz CT molecular complexity index is 674. The summed E-state index contributed by atoms with van der Waals surface area (Å²) in [5, 5.41) is 0. The highest BCUT2D eigenvalue weighted by Gasteiger charge is 2.19. The van der Waals surface area contributed by atoms with E-state index in [1.807, 2.05) is 9.47 Å². The average Bonchev–Trinajstić information content (AvgIpc) is 2.69. The van der Waals surface area contributed by atoms with Crippen molar-refractivity contribution in [3.8, 4) is 0 Å². The summed E-state index contributed by atoms with van der Waals surface area (Å²) in [6.07, 6.45) is 4.49. The molecule has 0 aliphatic carbocycles. The predicted octanol–water partition coefficient (Wildman–Crippen LogP) is 2.04. The molecule has 2 aromatic rings. The van der Waals surface area contributed by atoms with Crippen molar-refractivity contribution in [3.63, 3.8) is 0 Å². The molecule has 2 heterocycles. The van der Waals surface area contributed by atoms with E-state index < -0.39 is 0 Å². The first-order chi connectivity index (χ1) is 10.7. The van der Waals surface area contributed by atoms with Gasteiger partial charge in [-0.05, 0) is 25.0 Å². The summed E-state index contributed by atoms with van der Waals surface area (Å²) in [6.45, 7) is 2.08. The van der Waals surface area contributed by atoms with Crippen molar-refractivity contribution in [1.82, 2.24) is 14.5 Å². The third-order valence-electron chi connectivity index (χ3n) is 4.22. The molecular formula is C16H21FN4O. The zero-order valence-electron chi connectivity index (χ0n) is 12.6. The Morgan fingerprint density at radius 1 is 1.23 bits per heavy atom. The van der Waals surface area contributed by atoms with Crippen molar-refractivity contribution in [2.75, 3.05) is 13.1 Å². The number of amides is 1. The normalized spacial score (nSPS) is 16.0. The molecule has 1 saturated heterocycles. The molecule has 2 N–H and O–H groups in total. The fourth-order valence-electron chi connectivity index (χ4n) is 3.04. The van der Waals surface area contributed by atoms with Crippen molar-refractivity contribution in [3.05, 3.63) is 29.8 Å². The first kappa shape index (κ1) is 15.0. The lowest BCUT2D eigenvalue weighted by Crippen LogP contribution is -2.35. The Balaban J connectivity index is 1.87. The first-order valence-electron chi connectivity index (χ1n) is 7.81. The maximum absolute atomic E-state index is 13.3. The van der Waals surface area contributed by atoms with Crippen LogP contribution < -0.4 is 5.73 Å². The van der Waals surface area contributed by atoms with Crippen LogP contribution in [-0.4, -0.2) is 33.4 Å². The number of carbonyl (C=O) groups excluding carboxylic acids is 1. The second-order valence-electron chi connectivity index (χ2n) is 5.75. The molecule has 0 bridgehead atoms. The fourth-order valence-corrected chi connectivity index (χ4v) is 3.04.